The number of nitrogens with zero attached hydrogens (tertiary/aromatic N) is 1. The Bertz CT molecular complexity index is 777. The van der Waals surface area contributed by atoms with Crippen LogP contribution >= 0.6 is 0 Å². The van der Waals surface area contributed by atoms with E-state index < -0.39 is 4.92 Å². The Morgan fingerprint density at radius 3 is 2.36 bits per heavy atom. The number of carbonyl (C=O) groups excluding carboxylic acids is 1. The van der Waals surface area contributed by atoms with Gasteiger partial charge in [-0.3, -0.25) is 14.9 Å². The molecule has 6 heteroatoms. The number of nitrogen functional groups attached to an aromatic ring is 1. The summed E-state index contributed by atoms with van der Waals surface area (Å²) in [5, 5.41) is 14.1. The van der Waals surface area contributed by atoms with Crippen LogP contribution in [0.1, 0.15) is 42.3 Å². The van der Waals surface area contributed by atoms with E-state index in [4.69, 9.17) is 5.73 Å². The Morgan fingerprint density at radius 2 is 1.80 bits per heavy atom. The van der Waals surface area contributed by atoms with E-state index >= 15 is 0 Å². The molecule has 0 aromatic heterocycles. The van der Waals surface area contributed by atoms with Gasteiger partial charge in [-0.2, -0.15) is 0 Å². The zero-order chi connectivity index (χ0) is 18.6. The minimum atomic E-state index is -0.439. The number of nitrogens with one attached hydrogen (secondary N) is 1. The third-order valence-electron chi connectivity index (χ3n) is 3.94. The molecule has 6 nitrogen and oxygen atoms in total. The second kappa shape index (κ2) is 7.34. The van der Waals surface area contributed by atoms with Crippen LogP contribution in [-0.4, -0.2) is 17.4 Å². The molecule has 0 aliphatic rings. The first-order chi connectivity index (χ1) is 11.7. The van der Waals surface area contributed by atoms with Gasteiger partial charge in [-0.1, -0.05) is 39.0 Å². The lowest BCUT2D eigenvalue weighted by Crippen LogP contribution is -2.26. The molecule has 0 fully saturated rings. The number of benzene rings is 2. The molecule has 0 atom stereocenters. The Morgan fingerprint density at radius 1 is 1.16 bits per heavy atom. The molecule has 132 valence electrons. The average molecular weight is 341 g/mol. The number of amides is 1. The number of nitro groups is 1. The average Bonchev–Trinajstić information content (AvgIpc) is 2.55. The molecule has 2 aromatic carbocycles. The van der Waals surface area contributed by atoms with Crippen LogP contribution in [0.4, 0.5) is 11.4 Å². The highest BCUT2D eigenvalue weighted by molar-refractivity contribution is 5.95. The van der Waals surface area contributed by atoms with Crippen molar-refractivity contribution in [2.45, 2.75) is 32.6 Å². The lowest BCUT2D eigenvalue weighted by Gasteiger charge is -2.19. The molecule has 0 aliphatic carbocycles. The molecule has 25 heavy (non-hydrogen) atoms. The molecule has 3 N–H and O–H groups in total. The van der Waals surface area contributed by atoms with E-state index in [-0.39, 0.29) is 22.6 Å². The van der Waals surface area contributed by atoms with Gasteiger partial charge in [0.05, 0.1) is 4.92 Å². The maximum Gasteiger partial charge on any atom is 0.273 e. The second-order valence-electron chi connectivity index (χ2n) is 6.99. The first-order valence-electron chi connectivity index (χ1n) is 8.10. The molecule has 0 saturated heterocycles. The molecule has 0 aliphatic heterocycles. The van der Waals surface area contributed by atoms with Gasteiger partial charge in [0.15, 0.2) is 0 Å². The molecule has 1 amide bonds. The van der Waals surface area contributed by atoms with Crippen molar-refractivity contribution < 1.29 is 9.72 Å². The van der Waals surface area contributed by atoms with Crippen LogP contribution in [0.5, 0.6) is 0 Å². The van der Waals surface area contributed by atoms with Gasteiger partial charge in [-0.15, -0.1) is 0 Å². The molecular formula is C19H23N3O3. The number of nitro benzene ring substituents is 1. The minimum Gasteiger partial charge on any atom is -0.399 e. The molecule has 0 saturated carbocycles. The van der Waals surface area contributed by atoms with E-state index in [2.05, 4.69) is 5.32 Å². The van der Waals surface area contributed by atoms with Crippen LogP contribution in [-0.2, 0) is 11.8 Å². The van der Waals surface area contributed by atoms with Crippen molar-refractivity contribution in [1.29, 1.82) is 0 Å². The van der Waals surface area contributed by atoms with E-state index in [0.29, 0.717) is 24.2 Å². The maximum atomic E-state index is 12.3. The number of rotatable bonds is 5. The predicted octanol–water partition coefficient (Wildman–Crippen LogP) is 3.45. The fraction of sp³-hybridized carbons (Fsp3) is 0.316. The van der Waals surface area contributed by atoms with Gasteiger partial charge in [0.25, 0.3) is 11.6 Å². The van der Waals surface area contributed by atoms with Crippen LogP contribution in [0, 0.1) is 10.1 Å². The van der Waals surface area contributed by atoms with Crippen LogP contribution in [0.2, 0.25) is 0 Å². The van der Waals surface area contributed by atoms with Gasteiger partial charge in [0.2, 0.25) is 0 Å². The highest BCUT2D eigenvalue weighted by Crippen LogP contribution is 2.31. The van der Waals surface area contributed by atoms with Gasteiger partial charge in [0.1, 0.15) is 0 Å². The number of anilines is 1. The lowest BCUT2D eigenvalue weighted by molar-refractivity contribution is -0.386. The summed E-state index contributed by atoms with van der Waals surface area (Å²) < 4.78 is 0. The fourth-order valence-electron chi connectivity index (χ4n) is 2.56. The first kappa shape index (κ1) is 18.4. The summed E-state index contributed by atoms with van der Waals surface area (Å²) in [6.07, 6.45) is 0.661. The lowest BCUT2D eigenvalue weighted by atomic mass is 9.85. The highest BCUT2D eigenvalue weighted by atomic mass is 16.6. The van der Waals surface area contributed by atoms with Gasteiger partial charge < -0.3 is 11.1 Å². The second-order valence-corrected chi connectivity index (χ2v) is 6.99. The summed E-state index contributed by atoms with van der Waals surface area (Å²) in [5.41, 5.74) is 7.89. The molecule has 0 unspecified atom stereocenters. The SMILES string of the molecule is CC(C)(C)c1ccc(C(=O)NCCc2ccc(N)cc2)cc1[N+](=O)[O-]. The zero-order valence-electron chi connectivity index (χ0n) is 14.7. The number of carbonyl (C=O) groups is 1. The van der Waals surface area contributed by atoms with Crippen LogP contribution in [0.25, 0.3) is 0 Å². The molecule has 0 spiro atoms. The number of nitrogens with two attached hydrogens (primary N) is 1. The van der Waals surface area contributed by atoms with Gasteiger partial charge in [0, 0.05) is 29.4 Å². The van der Waals surface area contributed by atoms with Crippen molar-refractivity contribution in [3.8, 4) is 0 Å². The van der Waals surface area contributed by atoms with Crippen molar-refractivity contribution in [2.24, 2.45) is 0 Å². The Hall–Kier alpha value is -2.89. The van der Waals surface area contributed by atoms with E-state index in [1.165, 1.54) is 6.07 Å². The summed E-state index contributed by atoms with van der Waals surface area (Å²) in [6, 6.07) is 12.1. The topological polar surface area (TPSA) is 98.3 Å². The number of hydrogen-bond acceptors (Lipinski definition) is 4. The fourth-order valence-corrected chi connectivity index (χ4v) is 2.56. The number of hydrogen-bond donors (Lipinski definition) is 2. The third-order valence-corrected chi connectivity index (χ3v) is 3.94. The molecule has 2 rings (SSSR count). The normalized spacial score (nSPS) is 11.2. The summed E-state index contributed by atoms with van der Waals surface area (Å²) in [6.45, 7) is 6.16. The first-order valence-corrected chi connectivity index (χ1v) is 8.10. The highest BCUT2D eigenvalue weighted by Gasteiger charge is 2.25. The van der Waals surface area contributed by atoms with Crippen molar-refractivity contribution in [3.05, 3.63) is 69.3 Å². The predicted molar refractivity (Wildman–Crippen MR) is 98.7 cm³/mol. The summed E-state index contributed by atoms with van der Waals surface area (Å²) in [4.78, 5) is 23.2. The van der Waals surface area contributed by atoms with Crippen molar-refractivity contribution in [1.82, 2.24) is 5.32 Å². The summed E-state index contributed by atoms with van der Waals surface area (Å²) in [7, 11) is 0. The minimum absolute atomic E-state index is 0.0290. The van der Waals surface area contributed by atoms with E-state index in [9.17, 15) is 14.9 Å². The smallest absolute Gasteiger partial charge is 0.273 e. The van der Waals surface area contributed by atoms with Crippen molar-refractivity contribution >= 4 is 17.3 Å². The van der Waals surface area contributed by atoms with E-state index in [1.54, 1.807) is 12.1 Å². The molecule has 0 radical (unpaired) electrons. The van der Waals surface area contributed by atoms with Crippen molar-refractivity contribution in [3.63, 3.8) is 0 Å². The monoisotopic (exact) mass is 341 g/mol. The Labute approximate surface area is 147 Å². The molecule has 0 bridgehead atoms. The maximum absolute atomic E-state index is 12.3. The zero-order valence-corrected chi connectivity index (χ0v) is 14.7. The van der Waals surface area contributed by atoms with Crippen molar-refractivity contribution in [2.75, 3.05) is 12.3 Å². The quantitative estimate of drug-likeness (QED) is 0.494. The third kappa shape index (κ3) is 4.79. The van der Waals surface area contributed by atoms with E-state index in [1.807, 2.05) is 45.0 Å². The largest absolute Gasteiger partial charge is 0.399 e. The Kier molecular flexibility index (Phi) is 5.41. The molecule has 2 aromatic rings. The van der Waals surface area contributed by atoms with Crippen LogP contribution in [0.15, 0.2) is 42.5 Å². The van der Waals surface area contributed by atoms with Gasteiger partial charge in [-0.25, -0.2) is 0 Å². The van der Waals surface area contributed by atoms with E-state index in [0.717, 1.165) is 5.56 Å². The van der Waals surface area contributed by atoms with Gasteiger partial charge >= 0.3 is 0 Å². The standard InChI is InChI=1S/C19H23N3O3/c1-19(2,3)16-9-6-14(12-17(16)22(24)25)18(23)21-11-10-13-4-7-15(20)8-5-13/h4-9,12H,10-11,20H2,1-3H3,(H,21,23). The molecular weight excluding hydrogens is 318 g/mol. The van der Waals surface area contributed by atoms with Crippen LogP contribution in [0.3, 0.4) is 0 Å². The van der Waals surface area contributed by atoms with Gasteiger partial charge in [-0.05, 0) is 35.6 Å². The Balaban J connectivity index is 2.07. The summed E-state index contributed by atoms with van der Waals surface area (Å²) in [5.74, 6) is -0.320. The van der Waals surface area contributed by atoms with Crippen LogP contribution < -0.4 is 11.1 Å². The summed E-state index contributed by atoms with van der Waals surface area (Å²) >= 11 is 0. The molecule has 0 heterocycles.